The number of carbonyl (C=O) groups is 1. The van der Waals surface area contributed by atoms with Crippen LogP contribution in [0.5, 0.6) is 5.75 Å². The summed E-state index contributed by atoms with van der Waals surface area (Å²) in [5.41, 5.74) is 0.613. The summed E-state index contributed by atoms with van der Waals surface area (Å²) in [6.07, 6.45) is 1.10. The number of nitrogens with one attached hydrogen (secondary N) is 2. The maximum Gasteiger partial charge on any atom is 0.255 e. The van der Waals surface area contributed by atoms with Gasteiger partial charge in [-0.2, -0.15) is 0 Å². The van der Waals surface area contributed by atoms with Gasteiger partial charge in [-0.05, 0) is 37.9 Å². The Morgan fingerprint density at radius 2 is 2.26 bits per heavy atom. The molecule has 4 heteroatoms. The quantitative estimate of drug-likeness (QED) is 0.870. The molecular weight excluding hydrogens is 240 g/mol. The lowest BCUT2D eigenvalue weighted by atomic mass is 9.94. The van der Waals surface area contributed by atoms with Crippen LogP contribution in [0.3, 0.4) is 0 Å². The molecule has 0 saturated carbocycles. The summed E-state index contributed by atoms with van der Waals surface area (Å²) < 4.78 is 5.50. The highest BCUT2D eigenvalue weighted by molar-refractivity contribution is 5.97. The Bertz CT molecular complexity index is 434. The molecule has 2 atom stereocenters. The second-order valence-corrected chi connectivity index (χ2v) is 4.98. The molecule has 1 aliphatic heterocycles. The normalized spacial score (nSPS) is 22.8. The van der Waals surface area contributed by atoms with Crippen LogP contribution in [-0.4, -0.2) is 31.6 Å². The zero-order valence-electron chi connectivity index (χ0n) is 11.6. The molecule has 1 aromatic carbocycles. The Labute approximate surface area is 114 Å². The van der Waals surface area contributed by atoms with Crippen molar-refractivity contribution in [1.82, 2.24) is 10.6 Å². The SMILES string of the molecule is CCOc1ccccc1C(=O)N[C@@H]1CNCC[C@H]1C. The van der Waals surface area contributed by atoms with Gasteiger partial charge in [0.25, 0.3) is 5.91 Å². The molecule has 2 rings (SSSR count). The van der Waals surface area contributed by atoms with Gasteiger partial charge in [0.2, 0.25) is 0 Å². The van der Waals surface area contributed by atoms with Crippen LogP contribution in [0.2, 0.25) is 0 Å². The van der Waals surface area contributed by atoms with Crippen LogP contribution in [0, 0.1) is 5.92 Å². The molecule has 1 heterocycles. The van der Waals surface area contributed by atoms with E-state index in [-0.39, 0.29) is 11.9 Å². The van der Waals surface area contributed by atoms with Crippen molar-refractivity contribution >= 4 is 5.91 Å². The number of piperidine rings is 1. The average molecular weight is 262 g/mol. The first kappa shape index (κ1) is 13.9. The molecule has 0 bridgehead atoms. The van der Waals surface area contributed by atoms with E-state index in [4.69, 9.17) is 4.74 Å². The summed E-state index contributed by atoms with van der Waals surface area (Å²) in [4.78, 5) is 12.3. The fourth-order valence-corrected chi connectivity index (χ4v) is 2.36. The molecule has 1 aliphatic rings. The Morgan fingerprint density at radius 3 is 3.00 bits per heavy atom. The first-order valence-electron chi connectivity index (χ1n) is 6.95. The summed E-state index contributed by atoms with van der Waals surface area (Å²) in [6, 6.07) is 7.57. The van der Waals surface area contributed by atoms with Gasteiger partial charge < -0.3 is 15.4 Å². The van der Waals surface area contributed by atoms with Crippen LogP contribution < -0.4 is 15.4 Å². The van der Waals surface area contributed by atoms with Gasteiger partial charge in [-0.15, -0.1) is 0 Å². The number of ether oxygens (including phenoxy) is 1. The zero-order chi connectivity index (χ0) is 13.7. The van der Waals surface area contributed by atoms with E-state index < -0.39 is 0 Å². The third-order valence-electron chi connectivity index (χ3n) is 3.58. The summed E-state index contributed by atoms with van der Waals surface area (Å²) in [7, 11) is 0. The van der Waals surface area contributed by atoms with Crippen LogP contribution in [0.4, 0.5) is 0 Å². The predicted octanol–water partition coefficient (Wildman–Crippen LogP) is 1.81. The molecule has 1 fully saturated rings. The van der Waals surface area contributed by atoms with Crippen LogP contribution in [0.25, 0.3) is 0 Å². The van der Waals surface area contributed by atoms with Gasteiger partial charge in [-0.1, -0.05) is 19.1 Å². The second-order valence-electron chi connectivity index (χ2n) is 4.98. The molecule has 0 aliphatic carbocycles. The largest absolute Gasteiger partial charge is 0.493 e. The van der Waals surface area contributed by atoms with E-state index in [2.05, 4.69) is 17.6 Å². The number of rotatable bonds is 4. The Hall–Kier alpha value is -1.55. The van der Waals surface area contributed by atoms with E-state index in [9.17, 15) is 4.79 Å². The molecule has 0 radical (unpaired) electrons. The lowest BCUT2D eigenvalue weighted by Gasteiger charge is -2.30. The topological polar surface area (TPSA) is 50.4 Å². The molecule has 1 saturated heterocycles. The van der Waals surface area contributed by atoms with Gasteiger partial charge >= 0.3 is 0 Å². The van der Waals surface area contributed by atoms with E-state index in [0.29, 0.717) is 23.8 Å². The van der Waals surface area contributed by atoms with Crippen molar-refractivity contribution in [3.05, 3.63) is 29.8 Å². The number of hydrogen-bond acceptors (Lipinski definition) is 3. The first-order chi connectivity index (χ1) is 9.22. The predicted molar refractivity (Wildman–Crippen MR) is 75.5 cm³/mol. The number of amides is 1. The third kappa shape index (κ3) is 3.47. The summed E-state index contributed by atoms with van der Waals surface area (Å²) in [6.45, 7) is 6.53. The highest BCUT2D eigenvalue weighted by Crippen LogP contribution is 2.19. The van der Waals surface area contributed by atoms with Crippen molar-refractivity contribution in [2.45, 2.75) is 26.3 Å². The Morgan fingerprint density at radius 1 is 1.47 bits per heavy atom. The summed E-state index contributed by atoms with van der Waals surface area (Å²) in [5.74, 6) is 1.10. The van der Waals surface area contributed by atoms with Gasteiger partial charge in [0.1, 0.15) is 5.75 Å². The van der Waals surface area contributed by atoms with Crippen LogP contribution >= 0.6 is 0 Å². The van der Waals surface area contributed by atoms with Crippen molar-refractivity contribution in [2.75, 3.05) is 19.7 Å². The minimum Gasteiger partial charge on any atom is -0.493 e. The molecule has 19 heavy (non-hydrogen) atoms. The highest BCUT2D eigenvalue weighted by Gasteiger charge is 2.24. The maximum atomic E-state index is 12.3. The van der Waals surface area contributed by atoms with Gasteiger partial charge in [0, 0.05) is 12.6 Å². The zero-order valence-corrected chi connectivity index (χ0v) is 11.6. The third-order valence-corrected chi connectivity index (χ3v) is 3.58. The van der Waals surface area contributed by atoms with Gasteiger partial charge in [-0.3, -0.25) is 4.79 Å². The summed E-state index contributed by atoms with van der Waals surface area (Å²) in [5, 5.41) is 6.42. The number of carbonyl (C=O) groups excluding carboxylic acids is 1. The molecule has 1 aromatic rings. The minimum absolute atomic E-state index is 0.0513. The van der Waals surface area contributed by atoms with Crippen molar-refractivity contribution in [3.8, 4) is 5.75 Å². The number of hydrogen-bond donors (Lipinski definition) is 2. The van der Waals surface area contributed by atoms with Crippen molar-refractivity contribution in [3.63, 3.8) is 0 Å². The standard InChI is InChI=1S/C15H22N2O2/c1-3-19-14-7-5-4-6-12(14)15(18)17-13-10-16-9-8-11(13)2/h4-7,11,13,16H,3,8-10H2,1-2H3,(H,17,18)/t11-,13-/m1/s1. The van der Waals surface area contributed by atoms with Crippen LogP contribution in [0.1, 0.15) is 30.6 Å². The molecule has 104 valence electrons. The van der Waals surface area contributed by atoms with Gasteiger partial charge in [0.15, 0.2) is 0 Å². The molecular formula is C15H22N2O2. The lowest BCUT2D eigenvalue weighted by molar-refractivity contribution is 0.0911. The van der Waals surface area contributed by atoms with Crippen LogP contribution in [0.15, 0.2) is 24.3 Å². The second kappa shape index (κ2) is 6.57. The molecule has 0 unspecified atom stereocenters. The summed E-state index contributed by atoms with van der Waals surface area (Å²) >= 11 is 0. The molecule has 1 amide bonds. The molecule has 0 spiro atoms. The lowest BCUT2D eigenvalue weighted by Crippen LogP contribution is -2.50. The fourth-order valence-electron chi connectivity index (χ4n) is 2.36. The number of para-hydroxylation sites is 1. The Kier molecular flexibility index (Phi) is 4.80. The number of benzene rings is 1. The molecule has 4 nitrogen and oxygen atoms in total. The van der Waals surface area contributed by atoms with Crippen molar-refractivity contribution in [1.29, 1.82) is 0 Å². The first-order valence-corrected chi connectivity index (χ1v) is 6.95. The Balaban J connectivity index is 2.06. The van der Waals surface area contributed by atoms with Crippen molar-refractivity contribution in [2.24, 2.45) is 5.92 Å². The van der Waals surface area contributed by atoms with E-state index >= 15 is 0 Å². The van der Waals surface area contributed by atoms with E-state index in [1.54, 1.807) is 6.07 Å². The average Bonchev–Trinajstić information content (AvgIpc) is 2.42. The molecule has 0 aromatic heterocycles. The minimum atomic E-state index is -0.0513. The van der Waals surface area contributed by atoms with Crippen molar-refractivity contribution < 1.29 is 9.53 Å². The van der Waals surface area contributed by atoms with E-state index in [0.717, 1.165) is 19.5 Å². The van der Waals surface area contributed by atoms with Gasteiger partial charge in [-0.25, -0.2) is 0 Å². The van der Waals surface area contributed by atoms with E-state index in [1.165, 1.54) is 0 Å². The highest BCUT2D eigenvalue weighted by atomic mass is 16.5. The van der Waals surface area contributed by atoms with E-state index in [1.807, 2.05) is 25.1 Å². The molecule has 2 N–H and O–H groups in total. The van der Waals surface area contributed by atoms with Crippen LogP contribution in [-0.2, 0) is 0 Å². The maximum absolute atomic E-state index is 12.3. The monoisotopic (exact) mass is 262 g/mol. The fraction of sp³-hybridized carbons (Fsp3) is 0.533. The van der Waals surface area contributed by atoms with Gasteiger partial charge in [0.05, 0.1) is 12.2 Å². The smallest absolute Gasteiger partial charge is 0.255 e.